The number of rotatable bonds is 4. The molecular weight excluding hydrogens is 324 g/mol. The highest BCUT2D eigenvalue weighted by Gasteiger charge is 2.62. The lowest BCUT2D eigenvalue weighted by Gasteiger charge is -2.21. The lowest BCUT2D eigenvalue weighted by Crippen LogP contribution is -2.30. The maximum Gasteiger partial charge on any atom is 0.244 e. The monoisotopic (exact) mass is 350 g/mol. The van der Waals surface area contributed by atoms with Crippen LogP contribution in [0.3, 0.4) is 0 Å². The molecule has 1 unspecified atom stereocenters. The molecule has 1 saturated heterocycles. The number of amides is 1. The van der Waals surface area contributed by atoms with Gasteiger partial charge in [0.25, 0.3) is 0 Å². The molecule has 132 valence electrons. The summed E-state index contributed by atoms with van der Waals surface area (Å²) in [5.41, 5.74) is 1.02. The van der Waals surface area contributed by atoms with Crippen LogP contribution in [0.4, 0.5) is 0 Å². The van der Waals surface area contributed by atoms with Gasteiger partial charge in [-0.15, -0.1) is 0 Å². The van der Waals surface area contributed by atoms with Crippen LogP contribution < -0.4 is 0 Å². The van der Waals surface area contributed by atoms with Crippen LogP contribution in [0, 0.1) is 12.8 Å². The average Bonchev–Trinajstić information content (AvgIpc) is 3.31. The number of carbonyl (C=O) groups excluding carboxylic acids is 1. The second kappa shape index (κ2) is 6.48. The summed E-state index contributed by atoms with van der Waals surface area (Å²) < 4.78 is 27.6. The molecule has 1 amide bonds. The zero-order valence-electron chi connectivity index (χ0n) is 14.6. The molecule has 3 rings (SSSR count). The van der Waals surface area contributed by atoms with E-state index in [1.165, 1.54) is 15.6 Å². The molecule has 1 aromatic carbocycles. The van der Waals surface area contributed by atoms with Gasteiger partial charge in [-0.2, -0.15) is 4.31 Å². The lowest BCUT2D eigenvalue weighted by atomic mass is 9.85. The molecule has 5 nitrogen and oxygen atoms in total. The zero-order chi connectivity index (χ0) is 17.5. The summed E-state index contributed by atoms with van der Waals surface area (Å²) in [6.45, 7) is 1.93. The minimum absolute atomic E-state index is 0.110. The fourth-order valence-electron chi connectivity index (χ4n) is 3.83. The highest BCUT2D eigenvalue weighted by molar-refractivity contribution is 7.89. The van der Waals surface area contributed by atoms with Gasteiger partial charge in [-0.3, -0.25) is 4.79 Å². The predicted octanol–water partition coefficient (Wildman–Crippen LogP) is 2.41. The van der Waals surface area contributed by atoms with Crippen LogP contribution in [0.1, 0.15) is 37.7 Å². The summed E-state index contributed by atoms with van der Waals surface area (Å²) in [6, 6.07) is 6.17. The first-order valence-electron chi connectivity index (χ1n) is 8.65. The summed E-state index contributed by atoms with van der Waals surface area (Å²) in [5.74, 6) is 0.189. The highest BCUT2D eigenvalue weighted by atomic mass is 32.2. The van der Waals surface area contributed by atoms with E-state index in [0.717, 1.165) is 31.2 Å². The molecule has 3 atom stereocenters. The van der Waals surface area contributed by atoms with Crippen LogP contribution in [0.25, 0.3) is 0 Å². The first kappa shape index (κ1) is 17.4. The first-order valence-corrected chi connectivity index (χ1v) is 10.1. The van der Waals surface area contributed by atoms with Crippen molar-refractivity contribution in [3.8, 4) is 0 Å². The van der Waals surface area contributed by atoms with Gasteiger partial charge in [-0.1, -0.05) is 37.0 Å². The van der Waals surface area contributed by atoms with Crippen LogP contribution in [0.2, 0.25) is 0 Å². The van der Waals surface area contributed by atoms with Crippen LogP contribution >= 0.6 is 0 Å². The van der Waals surface area contributed by atoms with E-state index < -0.39 is 16.1 Å². The second-order valence-electron chi connectivity index (χ2n) is 7.21. The van der Waals surface area contributed by atoms with E-state index in [9.17, 15) is 13.2 Å². The quantitative estimate of drug-likeness (QED) is 0.784. The molecule has 1 heterocycles. The van der Waals surface area contributed by atoms with Crippen LogP contribution in [-0.4, -0.2) is 49.7 Å². The Morgan fingerprint density at radius 2 is 1.67 bits per heavy atom. The summed E-state index contributed by atoms with van der Waals surface area (Å²) in [4.78, 5) is 14.3. The van der Waals surface area contributed by atoms with E-state index in [1.54, 1.807) is 38.4 Å². The van der Waals surface area contributed by atoms with Crippen molar-refractivity contribution in [2.75, 3.05) is 14.1 Å². The maximum absolute atomic E-state index is 13.1. The largest absolute Gasteiger partial charge is 0.347 e. The molecule has 1 saturated carbocycles. The molecule has 0 bridgehead atoms. The molecule has 0 radical (unpaired) electrons. The van der Waals surface area contributed by atoms with Crippen LogP contribution in [-0.2, 0) is 14.8 Å². The molecule has 0 N–H and O–H groups in total. The van der Waals surface area contributed by atoms with E-state index in [4.69, 9.17) is 0 Å². The van der Waals surface area contributed by atoms with Crippen molar-refractivity contribution in [2.24, 2.45) is 5.92 Å². The topological polar surface area (TPSA) is 57.5 Å². The van der Waals surface area contributed by atoms with E-state index in [2.05, 4.69) is 0 Å². The molecule has 1 aliphatic carbocycles. The molecule has 1 aliphatic heterocycles. The van der Waals surface area contributed by atoms with Crippen molar-refractivity contribution >= 4 is 15.9 Å². The highest BCUT2D eigenvalue weighted by Crippen LogP contribution is 2.45. The van der Waals surface area contributed by atoms with Crippen molar-refractivity contribution in [2.45, 2.75) is 56.0 Å². The Kier molecular flexibility index (Phi) is 4.71. The lowest BCUT2D eigenvalue weighted by molar-refractivity contribution is -0.128. The third kappa shape index (κ3) is 3.09. The SMILES string of the molecule is Cc1ccc(S(=O)(=O)N2[C@@H](C(=O)N(C)C)[C@@H]2C2CCCCC2)cc1. The van der Waals surface area contributed by atoms with Gasteiger partial charge in [0, 0.05) is 14.1 Å². The number of sulfonamides is 1. The fourth-order valence-corrected chi connectivity index (χ4v) is 5.62. The third-order valence-corrected chi connectivity index (χ3v) is 7.12. The van der Waals surface area contributed by atoms with Crippen LogP contribution in [0.15, 0.2) is 29.2 Å². The van der Waals surface area contributed by atoms with Crippen LogP contribution in [0.5, 0.6) is 0 Å². The molecule has 2 aliphatic rings. The molecular formula is C18H26N2O3S. The Labute approximate surface area is 144 Å². The maximum atomic E-state index is 13.1. The summed E-state index contributed by atoms with van der Waals surface area (Å²) in [5, 5.41) is 0. The van der Waals surface area contributed by atoms with Gasteiger partial charge in [0.15, 0.2) is 0 Å². The number of hydrogen-bond acceptors (Lipinski definition) is 3. The Bertz CT molecular complexity index is 706. The predicted molar refractivity (Wildman–Crippen MR) is 93.0 cm³/mol. The number of likely N-dealkylation sites (N-methyl/N-ethyl adjacent to an activating group) is 1. The van der Waals surface area contributed by atoms with Crippen molar-refractivity contribution < 1.29 is 13.2 Å². The van der Waals surface area contributed by atoms with Crippen molar-refractivity contribution in [1.29, 1.82) is 0 Å². The fraction of sp³-hybridized carbons (Fsp3) is 0.611. The summed E-state index contributed by atoms with van der Waals surface area (Å²) >= 11 is 0. The normalized spacial score (nSPS) is 27.7. The van der Waals surface area contributed by atoms with Crippen molar-refractivity contribution in [3.05, 3.63) is 29.8 Å². The van der Waals surface area contributed by atoms with Gasteiger partial charge in [0.05, 0.1) is 10.9 Å². The Morgan fingerprint density at radius 3 is 2.21 bits per heavy atom. The van der Waals surface area contributed by atoms with Crippen molar-refractivity contribution in [1.82, 2.24) is 9.21 Å². The van der Waals surface area contributed by atoms with Gasteiger partial charge in [0.2, 0.25) is 15.9 Å². The van der Waals surface area contributed by atoms with E-state index >= 15 is 0 Å². The Hall–Kier alpha value is -1.40. The Morgan fingerprint density at radius 1 is 1.08 bits per heavy atom. The molecule has 0 aromatic heterocycles. The molecule has 24 heavy (non-hydrogen) atoms. The number of nitrogens with zero attached hydrogens (tertiary/aromatic N) is 2. The number of aryl methyl sites for hydroxylation is 1. The molecule has 0 spiro atoms. The van der Waals surface area contributed by atoms with Gasteiger partial charge < -0.3 is 4.90 Å². The summed E-state index contributed by atoms with van der Waals surface area (Å²) in [6.07, 6.45) is 5.49. The number of benzene rings is 1. The summed E-state index contributed by atoms with van der Waals surface area (Å²) in [7, 11) is -0.243. The zero-order valence-corrected chi connectivity index (χ0v) is 15.4. The number of carbonyl (C=O) groups is 1. The second-order valence-corrected chi connectivity index (χ2v) is 9.06. The van der Waals surface area contributed by atoms with Gasteiger partial charge >= 0.3 is 0 Å². The minimum atomic E-state index is -3.62. The minimum Gasteiger partial charge on any atom is -0.347 e. The van der Waals surface area contributed by atoms with Gasteiger partial charge in [-0.25, -0.2) is 8.42 Å². The number of hydrogen-bond donors (Lipinski definition) is 0. The third-order valence-electron chi connectivity index (χ3n) is 5.22. The standard InChI is InChI=1S/C18H26N2O3S/c1-13-9-11-15(12-10-13)24(22,23)20-16(14-7-5-4-6-8-14)17(20)18(21)19(2)3/h9-12,14,16-17H,4-8H2,1-3H3/t16-,17+,20?/m0/s1. The molecule has 1 aromatic rings. The molecule has 6 heteroatoms. The smallest absolute Gasteiger partial charge is 0.244 e. The average molecular weight is 350 g/mol. The first-order chi connectivity index (χ1) is 11.3. The Balaban J connectivity index is 1.90. The van der Waals surface area contributed by atoms with Gasteiger partial charge in [0.1, 0.15) is 6.04 Å². The van der Waals surface area contributed by atoms with E-state index in [-0.39, 0.29) is 16.8 Å². The van der Waals surface area contributed by atoms with Crippen molar-refractivity contribution in [3.63, 3.8) is 0 Å². The molecule has 2 fully saturated rings. The van der Waals surface area contributed by atoms with E-state index in [1.807, 2.05) is 6.92 Å². The van der Waals surface area contributed by atoms with Gasteiger partial charge in [-0.05, 0) is 37.8 Å². The van der Waals surface area contributed by atoms with E-state index in [0.29, 0.717) is 5.92 Å².